The number of nitrogens with zero attached hydrogens (tertiary/aromatic N) is 1. The van der Waals surface area contributed by atoms with Gasteiger partial charge in [-0.3, -0.25) is 10.1 Å². The van der Waals surface area contributed by atoms with E-state index in [0.29, 0.717) is 23.2 Å². The molecule has 0 unspecified atom stereocenters. The molecule has 0 fully saturated rings. The fourth-order valence-electron chi connectivity index (χ4n) is 1.92. The molecule has 0 saturated carbocycles. The molecule has 2 rings (SSSR count). The molecule has 1 aromatic rings. The van der Waals surface area contributed by atoms with Crippen LogP contribution in [0.4, 0.5) is 5.69 Å². The second-order valence-electron chi connectivity index (χ2n) is 4.02. The fraction of sp³-hybridized carbons (Fsp3) is 0.333. The first kappa shape index (κ1) is 12.1. The lowest BCUT2D eigenvalue weighted by molar-refractivity contribution is -0.385. The Kier molecular flexibility index (Phi) is 3.76. The summed E-state index contributed by atoms with van der Waals surface area (Å²) >= 11 is 6.00. The van der Waals surface area contributed by atoms with Crippen LogP contribution >= 0.6 is 11.6 Å². The third-order valence-corrected chi connectivity index (χ3v) is 3.22. The van der Waals surface area contributed by atoms with Crippen molar-refractivity contribution in [2.75, 3.05) is 0 Å². The van der Waals surface area contributed by atoms with Gasteiger partial charge in [-0.1, -0.05) is 29.8 Å². The lowest BCUT2D eigenvalue weighted by Gasteiger charge is -2.12. The van der Waals surface area contributed by atoms with Gasteiger partial charge >= 0.3 is 0 Å². The molecule has 0 saturated heterocycles. The summed E-state index contributed by atoms with van der Waals surface area (Å²) in [5, 5.41) is 14.6. The third kappa shape index (κ3) is 2.84. The van der Waals surface area contributed by atoms with E-state index in [4.69, 9.17) is 11.6 Å². The smallest absolute Gasteiger partial charge is 0.275 e. The SMILES string of the molecule is O=[N+]([O-])c1cccc(Cl)c1CNC1CC=CC1. The van der Waals surface area contributed by atoms with Gasteiger partial charge < -0.3 is 5.32 Å². The van der Waals surface area contributed by atoms with E-state index in [1.807, 2.05) is 0 Å². The predicted molar refractivity (Wildman–Crippen MR) is 67.1 cm³/mol. The molecule has 0 aromatic heterocycles. The molecule has 5 heteroatoms. The van der Waals surface area contributed by atoms with E-state index in [1.165, 1.54) is 6.07 Å². The number of rotatable bonds is 4. The van der Waals surface area contributed by atoms with E-state index in [1.54, 1.807) is 12.1 Å². The summed E-state index contributed by atoms with van der Waals surface area (Å²) in [7, 11) is 0. The maximum absolute atomic E-state index is 10.9. The number of nitro groups is 1. The first-order valence-electron chi connectivity index (χ1n) is 5.48. The Morgan fingerprint density at radius 2 is 2.12 bits per heavy atom. The van der Waals surface area contributed by atoms with Gasteiger partial charge in [0.2, 0.25) is 0 Å². The van der Waals surface area contributed by atoms with Crippen LogP contribution in [-0.4, -0.2) is 11.0 Å². The van der Waals surface area contributed by atoms with Gasteiger partial charge in [0.05, 0.1) is 15.5 Å². The van der Waals surface area contributed by atoms with E-state index in [0.717, 1.165) is 12.8 Å². The topological polar surface area (TPSA) is 55.2 Å². The minimum absolute atomic E-state index is 0.0796. The fourth-order valence-corrected chi connectivity index (χ4v) is 2.16. The highest BCUT2D eigenvalue weighted by molar-refractivity contribution is 6.31. The van der Waals surface area contributed by atoms with Crippen molar-refractivity contribution in [2.45, 2.75) is 25.4 Å². The minimum atomic E-state index is -0.393. The van der Waals surface area contributed by atoms with E-state index in [-0.39, 0.29) is 5.69 Å². The number of halogens is 1. The van der Waals surface area contributed by atoms with Crippen LogP contribution in [0.25, 0.3) is 0 Å². The van der Waals surface area contributed by atoms with Crippen LogP contribution in [0.2, 0.25) is 5.02 Å². The first-order chi connectivity index (χ1) is 8.18. The van der Waals surface area contributed by atoms with Crippen molar-refractivity contribution in [1.29, 1.82) is 0 Å². The summed E-state index contributed by atoms with van der Waals surface area (Å²) in [6, 6.07) is 5.13. The standard InChI is InChI=1S/C12H13ClN2O2/c13-11-6-3-7-12(15(16)17)10(11)8-14-9-4-1-2-5-9/h1-3,6-7,9,14H,4-5,8H2. The largest absolute Gasteiger partial charge is 0.309 e. The van der Waals surface area contributed by atoms with Gasteiger partial charge in [0.25, 0.3) is 5.69 Å². The molecule has 1 aromatic carbocycles. The van der Waals surface area contributed by atoms with Crippen LogP contribution in [0, 0.1) is 10.1 Å². The van der Waals surface area contributed by atoms with Crippen LogP contribution in [0.5, 0.6) is 0 Å². The number of benzene rings is 1. The molecular weight excluding hydrogens is 240 g/mol. The average Bonchev–Trinajstić information content (AvgIpc) is 2.80. The second kappa shape index (κ2) is 5.29. The Bertz CT molecular complexity index is 452. The molecule has 4 nitrogen and oxygen atoms in total. The lowest BCUT2D eigenvalue weighted by Crippen LogP contribution is -2.26. The Labute approximate surface area is 104 Å². The minimum Gasteiger partial charge on any atom is -0.309 e. The molecule has 0 heterocycles. The van der Waals surface area contributed by atoms with Crippen molar-refractivity contribution >= 4 is 17.3 Å². The van der Waals surface area contributed by atoms with Crippen LogP contribution in [0.3, 0.4) is 0 Å². The number of hydrogen-bond acceptors (Lipinski definition) is 3. The highest BCUT2D eigenvalue weighted by Crippen LogP contribution is 2.26. The van der Waals surface area contributed by atoms with Crippen LogP contribution in [0.15, 0.2) is 30.4 Å². The summed E-state index contributed by atoms with van der Waals surface area (Å²) in [5.74, 6) is 0. The normalized spacial score (nSPS) is 15.4. The molecule has 0 spiro atoms. The first-order valence-corrected chi connectivity index (χ1v) is 5.86. The second-order valence-corrected chi connectivity index (χ2v) is 4.42. The quantitative estimate of drug-likeness (QED) is 0.509. The van der Waals surface area contributed by atoms with Gasteiger partial charge in [0, 0.05) is 18.7 Å². The molecule has 1 aliphatic carbocycles. The van der Waals surface area contributed by atoms with E-state index in [2.05, 4.69) is 17.5 Å². The monoisotopic (exact) mass is 252 g/mol. The summed E-state index contributed by atoms with van der Waals surface area (Å²) in [6.45, 7) is 0.433. The zero-order valence-corrected chi connectivity index (χ0v) is 9.98. The Hall–Kier alpha value is -1.39. The molecule has 0 amide bonds. The van der Waals surface area contributed by atoms with Gasteiger partial charge in [0.1, 0.15) is 0 Å². The van der Waals surface area contributed by atoms with Crippen LogP contribution < -0.4 is 5.32 Å². The zero-order chi connectivity index (χ0) is 12.3. The molecule has 0 atom stereocenters. The number of nitro benzene ring substituents is 1. The Morgan fingerprint density at radius 1 is 1.41 bits per heavy atom. The van der Waals surface area contributed by atoms with E-state index in [9.17, 15) is 10.1 Å². The van der Waals surface area contributed by atoms with Gasteiger partial charge in [0.15, 0.2) is 0 Å². The van der Waals surface area contributed by atoms with Gasteiger partial charge in [-0.05, 0) is 18.9 Å². The number of nitrogens with one attached hydrogen (secondary N) is 1. The lowest BCUT2D eigenvalue weighted by atomic mass is 10.1. The Balaban J connectivity index is 2.10. The molecule has 0 aliphatic heterocycles. The summed E-state index contributed by atoms with van der Waals surface area (Å²) in [5.41, 5.74) is 0.641. The summed E-state index contributed by atoms with van der Waals surface area (Å²) < 4.78 is 0. The highest BCUT2D eigenvalue weighted by Gasteiger charge is 2.18. The molecular formula is C12H13ClN2O2. The van der Waals surface area contributed by atoms with Crippen molar-refractivity contribution < 1.29 is 4.92 Å². The predicted octanol–water partition coefficient (Wildman–Crippen LogP) is 3.06. The van der Waals surface area contributed by atoms with Crippen molar-refractivity contribution in [2.24, 2.45) is 0 Å². The average molecular weight is 253 g/mol. The zero-order valence-electron chi connectivity index (χ0n) is 9.23. The highest BCUT2D eigenvalue weighted by atomic mass is 35.5. The molecule has 0 radical (unpaired) electrons. The molecule has 1 N–H and O–H groups in total. The van der Waals surface area contributed by atoms with Gasteiger partial charge in [-0.2, -0.15) is 0 Å². The maximum Gasteiger partial charge on any atom is 0.275 e. The number of hydrogen-bond donors (Lipinski definition) is 1. The van der Waals surface area contributed by atoms with Crippen molar-refractivity contribution in [3.8, 4) is 0 Å². The molecule has 1 aliphatic rings. The van der Waals surface area contributed by atoms with E-state index < -0.39 is 4.92 Å². The van der Waals surface area contributed by atoms with Crippen molar-refractivity contribution in [3.05, 3.63) is 51.1 Å². The van der Waals surface area contributed by atoms with E-state index >= 15 is 0 Å². The molecule has 17 heavy (non-hydrogen) atoms. The molecule has 90 valence electrons. The third-order valence-electron chi connectivity index (χ3n) is 2.87. The Morgan fingerprint density at radius 3 is 2.76 bits per heavy atom. The van der Waals surface area contributed by atoms with Crippen LogP contribution in [0.1, 0.15) is 18.4 Å². The van der Waals surface area contributed by atoms with Crippen molar-refractivity contribution in [1.82, 2.24) is 5.32 Å². The summed E-state index contributed by atoms with van der Waals surface area (Å²) in [6.07, 6.45) is 6.16. The summed E-state index contributed by atoms with van der Waals surface area (Å²) in [4.78, 5) is 10.5. The van der Waals surface area contributed by atoms with Crippen molar-refractivity contribution in [3.63, 3.8) is 0 Å². The van der Waals surface area contributed by atoms with Crippen LogP contribution in [-0.2, 0) is 6.54 Å². The van der Waals surface area contributed by atoms with Gasteiger partial charge in [-0.15, -0.1) is 0 Å². The van der Waals surface area contributed by atoms with Gasteiger partial charge in [-0.25, -0.2) is 0 Å². The maximum atomic E-state index is 10.9. The molecule has 0 bridgehead atoms.